The Labute approximate surface area is 183 Å². The summed E-state index contributed by atoms with van der Waals surface area (Å²) < 4.78 is 10.3. The molecule has 32 heavy (non-hydrogen) atoms. The third-order valence-corrected chi connectivity index (χ3v) is 4.27. The Balaban J connectivity index is 1.62. The van der Waals surface area contributed by atoms with Crippen molar-refractivity contribution < 1.29 is 28.3 Å². The summed E-state index contributed by atoms with van der Waals surface area (Å²) in [7, 11) is 0. The van der Waals surface area contributed by atoms with Crippen LogP contribution in [0.1, 0.15) is 34.8 Å². The minimum absolute atomic E-state index is 0.0884. The summed E-state index contributed by atoms with van der Waals surface area (Å²) in [6.45, 7) is 2.83. The molecule has 2 aromatic carbocycles. The number of ether oxygens (including phenoxy) is 1. The largest absolute Gasteiger partial charge is 0.459 e. The fraction of sp³-hybridized carbons (Fsp3) is 0.130. The number of hydrogen-bond acceptors (Lipinski definition) is 6. The van der Waals surface area contributed by atoms with Crippen LogP contribution in [-0.2, 0) is 14.3 Å². The van der Waals surface area contributed by atoms with Gasteiger partial charge in [-0.1, -0.05) is 12.1 Å². The Hall–Kier alpha value is -4.40. The van der Waals surface area contributed by atoms with Gasteiger partial charge in [0.25, 0.3) is 11.8 Å². The van der Waals surface area contributed by atoms with Gasteiger partial charge in [0.2, 0.25) is 5.91 Å². The maximum Gasteiger partial charge on any atom is 0.341 e. The van der Waals surface area contributed by atoms with E-state index in [4.69, 9.17) is 9.15 Å². The molecule has 0 aliphatic heterocycles. The van der Waals surface area contributed by atoms with Crippen LogP contribution in [0.3, 0.4) is 0 Å². The molecular weight excluding hydrogens is 414 g/mol. The molecular formula is C23H21N3O6. The molecule has 1 heterocycles. The van der Waals surface area contributed by atoms with Crippen molar-refractivity contribution in [1.29, 1.82) is 0 Å². The number of anilines is 3. The fourth-order valence-electron chi connectivity index (χ4n) is 2.72. The summed E-state index contributed by atoms with van der Waals surface area (Å²) in [5.74, 6) is -1.95. The lowest BCUT2D eigenvalue weighted by Gasteiger charge is -2.15. The Kier molecular flexibility index (Phi) is 7.02. The van der Waals surface area contributed by atoms with E-state index in [1.165, 1.54) is 32.2 Å². The maximum atomic E-state index is 12.6. The summed E-state index contributed by atoms with van der Waals surface area (Å²) in [4.78, 5) is 48.3. The molecule has 0 saturated heterocycles. The number of para-hydroxylation sites is 1. The third-order valence-electron chi connectivity index (χ3n) is 4.27. The van der Waals surface area contributed by atoms with Gasteiger partial charge >= 0.3 is 5.97 Å². The minimum Gasteiger partial charge on any atom is -0.459 e. The van der Waals surface area contributed by atoms with Crippen LogP contribution in [0.2, 0.25) is 0 Å². The second kappa shape index (κ2) is 10.1. The van der Waals surface area contributed by atoms with Crippen molar-refractivity contribution in [1.82, 2.24) is 0 Å². The van der Waals surface area contributed by atoms with Crippen LogP contribution < -0.4 is 16.0 Å². The Morgan fingerprint density at radius 2 is 1.50 bits per heavy atom. The van der Waals surface area contributed by atoms with E-state index < -0.39 is 23.9 Å². The number of esters is 1. The topological polar surface area (TPSA) is 127 Å². The molecule has 0 spiro atoms. The van der Waals surface area contributed by atoms with E-state index in [2.05, 4.69) is 16.0 Å². The standard InChI is InChI=1S/C23H21N3O6/c1-14(21(28)25-17-11-9-16(10-12-17)24-15(2)27)32-23(30)18-6-3-4-7-19(18)26-22(29)20-8-5-13-31-20/h3-14H,1-2H3,(H,24,27)(H,25,28)(H,26,29). The smallest absolute Gasteiger partial charge is 0.341 e. The van der Waals surface area contributed by atoms with E-state index in [1.54, 1.807) is 48.5 Å². The van der Waals surface area contributed by atoms with Gasteiger partial charge in [-0.25, -0.2) is 4.79 Å². The highest BCUT2D eigenvalue weighted by atomic mass is 16.5. The van der Waals surface area contributed by atoms with Gasteiger partial charge in [-0.15, -0.1) is 0 Å². The van der Waals surface area contributed by atoms with E-state index in [9.17, 15) is 19.2 Å². The molecule has 0 radical (unpaired) electrons. The maximum absolute atomic E-state index is 12.6. The molecule has 3 N–H and O–H groups in total. The molecule has 0 fully saturated rings. The minimum atomic E-state index is -1.11. The zero-order chi connectivity index (χ0) is 23.1. The first-order valence-corrected chi connectivity index (χ1v) is 9.67. The number of furan rings is 1. The zero-order valence-corrected chi connectivity index (χ0v) is 17.4. The number of benzene rings is 2. The predicted octanol–water partition coefficient (Wildman–Crippen LogP) is 3.67. The van der Waals surface area contributed by atoms with Gasteiger partial charge in [-0.3, -0.25) is 14.4 Å². The van der Waals surface area contributed by atoms with Gasteiger partial charge in [0.1, 0.15) is 0 Å². The highest BCUT2D eigenvalue weighted by molar-refractivity contribution is 6.07. The number of rotatable bonds is 7. The van der Waals surface area contributed by atoms with E-state index in [-0.39, 0.29) is 22.9 Å². The molecule has 164 valence electrons. The second-order valence-electron chi connectivity index (χ2n) is 6.77. The highest BCUT2D eigenvalue weighted by Crippen LogP contribution is 2.19. The molecule has 3 rings (SSSR count). The van der Waals surface area contributed by atoms with E-state index in [0.717, 1.165) is 0 Å². The normalized spacial score (nSPS) is 11.2. The molecule has 0 aliphatic carbocycles. The van der Waals surface area contributed by atoms with Crippen molar-refractivity contribution in [3.05, 3.63) is 78.3 Å². The predicted molar refractivity (Wildman–Crippen MR) is 117 cm³/mol. The van der Waals surface area contributed by atoms with Crippen molar-refractivity contribution in [2.24, 2.45) is 0 Å². The molecule has 0 aliphatic rings. The number of carbonyl (C=O) groups is 4. The molecule has 1 unspecified atom stereocenters. The van der Waals surface area contributed by atoms with Crippen LogP contribution >= 0.6 is 0 Å². The van der Waals surface area contributed by atoms with Gasteiger partial charge in [-0.05, 0) is 55.5 Å². The Morgan fingerprint density at radius 3 is 2.12 bits per heavy atom. The number of hydrogen-bond donors (Lipinski definition) is 3. The third kappa shape index (κ3) is 5.82. The van der Waals surface area contributed by atoms with E-state index in [1.807, 2.05) is 0 Å². The number of nitrogens with one attached hydrogen (secondary N) is 3. The van der Waals surface area contributed by atoms with Crippen LogP contribution in [0.15, 0.2) is 71.3 Å². The molecule has 0 saturated carbocycles. The molecule has 9 nitrogen and oxygen atoms in total. The van der Waals surface area contributed by atoms with E-state index in [0.29, 0.717) is 11.4 Å². The first-order valence-electron chi connectivity index (χ1n) is 9.67. The van der Waals surface area contributed by atoms with Gasteiger partial charge in [0.05, 0.1) is 17.5 Å². The summed E-state index contributed by atoms with van der Waals surface area (Å²) >= 11 is 0. The van der Waals surface area contributed by atoms with Crippen LogP contribution in [0.25, 0.3) is 0 Å². The van der Waals surface area contributed by atoms with Crippen LogP contribution in [-0.4, -0.2) is 29.8 Å². The summed E-state index contributed by atoms with van der Waals surface area (Å²) in [6.07, 6.45) is 0.259. The fourth-order valence-corrected chi connectivity index (χ4v) is 2.72. The number of carbonyl (C=O) groups excluding carboxylic acids is 4. The van der Waals surface area contributed by atoms with Crippen LogP contribution in [0.5, 0.6) is 0 Å². The van der Waals surface area contributed by atoms with Gasteiger partial charge in [0, 0.05) is 18.3 Å². The highest BCUT2D eigenvalue weighted by Gasteiger charge is 2.22. The van der Waals surface area contributed by atoms with Gasteiger partial charge in [0.15, 0.2) is 11.9 Å². The average molecular weight is 435 g/mol. The van der Waals surface area contributed by atoms with Crippen molar-refractivity contribution in [3.63, 3.8) is 0 Å². The van der Waals surface area contributed by atoms with Crippen LogP contribution in [0.4, 0.5) is 17.1 Å². The molecule has 1 atom stereocenters. The Morgan fingerprint density at radius 1 is 0.844 bits per heavy atom. The zero-order valence-electron chi connectivity index (χ0n) is 17.4. The van der Waals surface area contributed by atoms with Crippen molar-refractivity contribution in [3.8, 4) is 0 Å². The summed E-state index contributed by atoms with van der Waals surface area (Å²) in [5.41, 5.74) is 1.37. The lowest BCUT2D eigenvalue weighted by atomic mass is 10.1. The first kappa shape index (κ1) is 22.3. The van der Waals surface area contributed by atoms with E-state index >= 15 is 0 Å². The average Bonchev–Trinajstić information content (AvgIpc) is 3.30. The first-order chi connectivity index (χ1) is 15.3. The lowest BCUT2D eigenvalue weighted by Crippen LogP contribution is -2.30. The van der Waals surface area contributed by atoms with Gasteiger partial charge < -0.3 is 25.1 Å². The summed E-state index contributed by atoms with van der Waals surface area (Å²) in [6, 6.07) is 15.8. The van der Waals surface area contributed by atoms with Crippen molar-refractivity contribution >= 4 is 40.8 Å². The molecule has 3 amide bonds. The summed E-state index contributed by atoms with van der Waals surface area (Å²) in [5, 5.41) is 7.85. The number of amides is 3. The van der Waals surface area contributed by atoms with Crippen LogP contribution in [0, 0.1) is 0 Å². The molecule has 9 heteroatoms. The quantitative estimate of drug-likeness (QED) is 0.486. The lowest BCUT2D eigenvalue weighted by molar-refractivity contribution is -0.123. The monoisotopic (exact) mass is 435 g/mol. The van der Waals surface area contributed by atoms with Crippen molar-refractivity contribution in [2.45, 2.75) is 20.0 Å². The van der Waals surface area contributed by atoms with Gasteiger partial charge in [-0.2, -0.15) is 0 Å². The second-order valence-corrected chi connectivity index (χ2v) is 6.77. The Bertz CT molecular complexity index is 1120. The SMILES string of the molecule is CC(=O)Nc1ccc(NC(=O)C(C)OC(=O)c2ccccc2NC(=O)c2ccco2)cc1. The molecule has 1 aromatic heterocycles. The van der Waals surface area contributed by atoms with Crippen molar-refractivity contribution in [2.75, 3.05) is 16.0 Å². The molecule has 3 aromatic rings. The molecule has 0 bridgehead atoms.